The van der Waals surface area contributed by atoms with E-state index >= 15 is 0 Å². The molecule has 1 fully saturated rings. The molecule has 23 heavy (non-hydrogen) atoms. The number of nitrogens with zero attached hydrogens (tertiary/aromatic N) is 1. The van der Waals surface area contributed by atoms with Crippen LogP contribution in [-0.4, -0.2) is 30.6 Å². The fourth-order valence-electron chi connectivity index (χ4n) is 2.55. The van der Waals surface area contributed by atoms with Crippen LogP contribution in [0.2, 0.25) is 0 Å². The third kappa shape index (κ3) is 3.92. The highest BCUT2D eigenvalue weighted by Crippen LogP contribution is 2.29. The summed E-state index contributed by atoms with van der Waals surface area (Å²) >= 11 is 1.57. The third-order valence-electron chi connectivity index (χ3n) is 4.04. The Balaban J connectivity index is 0.00000192. The Morgan fingerprint density at radius 2 is 2.22 bits per heavy atom. The molecule has 126 valence electrons. The lowest BCUT2D eigenvalue weighted by Crippen LogP contribution is -2.49. The van der Waals surface area contributed by atoms with Crippen molar-refractivity contribution in [3.05, 3.63) is 29.5 Å². The van der Waals surface area contributed by atoms with Crippen molar-refractivity contribution in [1.29, 1.82) is 0 Å². The lowest BCUT2D eigenvalue weighted by atomic mass is 9.79. The van der Waals surface area contributed by atoms with Crippen LogP contribution < -0.4 is 11.1 Å². The molecular formula is C15H20ClN3O3S. The molecule has 3 N–H and O–H groups in total. The summed E-state index contributed by atoms with van der Waals surface area (Å²) in [6.45, 7) is 1.84. The van der Waals surface area contributed by atoms with Crippen molar-refractivity contribution in [3.8, 4) is 10.8 Å². The number of thiophene rings is 1. The van der Waals surface area contributed by atoms with Gasteiger partial charge >= 0.3 is 0 Å². The van der Waals surface area contributed by atoms with Gasteiger partial charge in [-0.15, -0.1) is 23.7 Å². The highest BCUT2D eigenvalue weighted by Gasteiger charge is 2.38. The molecule has 0 aromatic carbocycles. The predicted molar refractivity (Wildman–Crippen MR) is 90.5 cm³/mol. The van der Waals surface area contributed by atoms with E-state index in [-0.39, 0.29) is 18.3 Å². The molecule has 1 saturated heterocycles. The summed E-state index contributed by atoms with van der Waals surface area (Å²) in [7, 11) is 0. The number of oxazole rings is 1. The van der Waals surface area contributed by atoms with Gasteiger partial charge in [0.15, 0.2) is 0 Å². The summed E-state index contributed by atoms with van der Waals surface area (Å²) in [6.07, 6.45) is 2.90. The maximum absolute atomic E-state index is 12.5. The van der Waals surface area contributed by atoms with Crippen molar-refractivity contribution in [2.24, 2.45) is 11.1 Å². The molecule has 0 unspecified atom stereocenters. The Morgan fingerprint density at radius 3 is 2.87 bits per heavy atom. The first-order chi connectivity index (χ1) is 10.7. The Morgan fingerprint density at radius 1 is 1.43 bits per heavy atom. The summed E-state index contributed by atoms with van der Waals surface area (Å²) in [5.41, 5.74) is 6.02. The smallest absolute Gasteiger partial charge is 0.236 e. The number of hydrogen-bond acceptors (Lipinski definition) is 6. The molecule has 1 aliphatic rings. The minimum absolute atomic E-state index is 0. The van der Waals surface area contributed by atoms with Crippen LogP contribution in [0.25, 0.3) is 10.8 Å². The second-order valence-electron chi connectivity index (χ2n) is 5.40. The number of aromatic nitrogens is 1. The number of halogens is 1. The summed E-state index contributed by atoms with van der Waals surface area (Å²) in [5, 5.41) is 4.89. The summed E-state index contributed by atoms with van der Waals surface area (Å²) in [5.74, 6) is 0.554. The minimum Gasteiger partial charge on any atom is -0.443 e. The van der Waals surface area contributed by atoms with E-state index < -0.39 is 5.41 Å². The molecule has 6 nitrogen and oxygen atoms in total. The third-order valence-corrected chi connectivity index (χ3v) is 4.89. The lowest BCUT2D eigenvalue weighted by Gasteiger charge is -2.34. The van der Waals surface area contributed by atoms with E-state index in [1.54, 1.807) is 17.6 Å². The van der Waals surface area contributed by atoms with Crippen molar-refractivity contribution in [3.63, 3.8) is 0 Å². The SMILES string of the molecule is Cl.NCC1(C(=O)NCc2coc(-c3cccs3)n2)CCOCC1. The number of nitrogens with two attached hydrogens (primary N) is 1. The number of rotatable bonds is 5. The van der Waals surface area contributed by atoms with Crippen LogP contribution in [0.5, 0.6) is 0 Å². The molecule has 0 radical (unpaired) electrons. The van der Waals surface area contributed by atoms with E-state index in [2.05, 4.69) is 10.3 Å². The molecule has 2 aromatic rings. The van der Waals surface area contributed by atoms with E-state index in [1.807, 2.05) is 17.5 Å². The van der Waals surface area contributed by atoms with Crippen LogP contribution in [0.1, 0.15) is 18.5 Å². The van der Waals surface area contributed by atoms with Gasteiger partial charge in [0.25, 0.3) is 0 Å². The summed E-state index contributed by atoms with van der Waals surface area (Å²) < 4.78 is 10.8. The molecule has 2 aromatic heterocycles. The Hall–Kier alpha value is -1.41. The largest absolute Gasteiger partial charge is 0.443 e. The highest BCUT2D eigenvalue weighted by molar-refractivity contribution is 7.13. The van der Waals surface area contributed by atoms with Crippen molar-refractivity contribution in [2.45, 2.75) is 19.4 Å². The quantitative estimate of drug-likeness (QED) is 0.856. The predicted octanol–water partition coefficient (Wildman–Crippen LogP) is 2.20. The number of carbonyl (C=O) groups is 1. The maximum atomic E-state index is 12.5. The molecule has 0 bridgehead atoms. The second-order valence-corrected chi connectivity index (χ2v) is 6.35. The maximum Gasteiger partial charge on any atom is 0.236 e. The second kappa shape index (κ2) is 7.92. The minimum atomic E-state index is -0.515. The summed E-state index contributed by atoms with van der Waals surface area (Å²) in [6, 6.07) is 3.89. The zero-order chi connectivity index (χ0) is 15.4. The molecule has 0 aliphatic carbocycles. The molecular weight excluding hydrogens is 338 g/mol. The first-order valence-corrected chi connectivity index (χ1v) is 8.16. The van der Waals surface area contributed by atoms with E-state index in [1.165, 1.54) is 0 Å². The average molecular weight is 358 g/mol. The van der Waals surface area contributed by atoms with Gasteiger partial charge in [-0.3, -0.25) is 4.79 Å². The Bertz CT molecular complexity index is 624. The van der Waals surface area contributed by atoms with E-state index in [0.717, 1.165) is 4.88 Å². The highest BCUT2D eigenvalue weighted by atomic mass is 35.5. The van der Waals surface area contributed by atoms with Gasteiger partial charge in [-0.2, -0.15) is 0 Å². The lowest BCUT2D eigenvalue weighted by molar-refractivity contribution is -0.136. The molecule has 1 amide bonds. The van der Waals surface area contributed by atoms with Crippen LogP contribution in [-0.2, 0) is 16.1 Å². The number of nitrogens with one attached hydrogen (secondary N) is 1. The zero-order valence-electron chi connectivity index (χ0n) is 12.6. The molecule has 3 rings (SSSR count). The van der Waals surface area contributed by atoms with Crippen molar-refractivity contribution in [2.75, 3.05) is 19.8 Å². The van der Waals surface area contributed by atoms with Crippen LogP contribution in [0.15, 0.2) is 28.2 Å². The van der Waals surface area contributed by atoms with E-state index in [4.69, 9.17) is 14.9 Å². The van der Waals surface area contributed by atoms with Crippen molar-refractivity contribution >= 4 is 29.7 Å². The van der Waals surface area contributed by atoms with Crippen molar-refractivity contribution < 1.29 is 13.9 Å². The zero-order valence-corrected chi connectivity index (χ0v) is 14.3. The van der Waals surface area contributed by atoms with Gasteiger partial charge < -0.3 is 20.2 Å². The van der Waals surface area contributed by atoms with Gasteiger partial charge in [0, 0.05) is 19.8 Å². The van der Waals surface area contributed by atoms with Crippen LogP contribution in [0.4, 0.5) is 0 Å². The monoisotopic (exact) mass is 357 g/mol. The first kappa shape index (κ1) is 17.9. The van der Waals surface area contributed by atoms with Gasteiger partial charge in [0.1, 0.15) is 6.26 Å². The normalized spacial score (nSPS) is 16.6. The molecule has 0 atom stereocenters. The van der Waals surface area contributed by atoms with Crippen molar-refractivity contribution in [1.82, 2.24) is 10.3 Å². The average Bonchev–Trinajstić information content (AvgIpc) is 3.24. The summed E-state index contributed by atoms with van der Waals surface area (Å²) in [4.78, 5) is 17.8. The topological polar surface area (TPSA) is 90.4 Å². The van der Waals surface area contributed by atoms with E-state index in [9.17, 15) is 4.79 Å². The van der Waals surface area contributed by atoms with Gasteiger partial charge in [-0.05, 0) is 24.3 Å². The Kier molecular flexibility index (Phi) is 6.17. The van der Waals surface area contributed by atoms with Gasteiger partial charge in [0.05, 0.1) is 22.5 Å². The molecule has 0 saturated carbocycles. The standard InChI is InChI=1S/C15H19N3O3S.ClH/c16-10-15(3-5-20-6-4-15)14(19)17-8-11-9-21-13(18-11)12-2-1-7-22-12;/h1-2,7,9H,3-6,8,10,16H2,(H,17,19);1H. The fraction of sp³-hybridized carbons (Fsp3) is 0.467. The molecule has 1 aliphatic heterocycles. The number of amides is 1. The number of carbonyl (C=O) groups excluding carboxylic acids is 1. The van der Waals surface area contributed by atoms with Gasteiger partial charge in [-0.25, -0.2) is 4.98 Å². The molecule has 8 heteroatoms. The van der Waals surface area contributed by atoms with Gasteiger partial charge in [-0.1, -0.05) is 6.07 Å². The number of ether oxygens (including phenoxy) is 1. The molecule has 0 spiro atoms. The fourth-order valence-corrected chi connectivity index (χ4v) is 3.20. The van der Waals surface area contributed by atoms with E-state index in [0.29, 0.717) is 50.7 Å². The first-order valence-electron chi connectivity index (χ1n) is 7.28. The van der Waals surface area contributed by atoms with Crippen LogP contribution in [0.3, 0.4) is 0 Å². The van der Waals surface area contributed by atoms with Crippen LogP contribution in [0, 0.1) is 5.41 Å². The van der Waals surface area contributed by atoms with Crippen LogP contribution >= 0.6 is 23.7 Å². The van der Waals surface area contributed by atoms with Gasteiger partial charge in [0.2, 0.25) is 11.8 Å². The molecule has 3 heterocycles. The Labute approximate surface area is 144 Å². The number of hydrogen-bond donors (Lipinski definition) is 2.